The second-order valence-electron chi connectivity index (χ2n) is 4.82. The van der Waals surface area contributed by atoms with E-state index in [1.807, 2.05) is 0 Å². The Hall–Kier alpha value is -2.40. The number of rotatable bonds is 6. The van der Waals surface area contributed by atoms with E-state index in [9.17, 15) is 9.18 Å². The fraction of sp³-hybridized carbons (Fsp3) is 0.176. The molecule has 0 aromatic heterocycles. The van der Waals surface area contributed by atoms with Crippen molar-refractivity contribution in [1.82, 2.24) is 0 Å². The molecule has 120 valence electrons. The zero-order valence-corrected chi connectivity index (χ0v) is 13.2. The molecule has 0 fully saturated rings. The maximum Gasteiger partial charge on any atom is 0.303 e. The second-order valence-corrected chi connectivity index (χ2v) is 5.25. The SMILES string of the molecule is CON=C(CCC(=O)O)c1ccc(-c2ccc(Cl)cc2)c(F)c1. The molecule has 0 aliphatic rings. The number of carboxylic acids is 1. The maximum absolute atomic E-state index is 14.4. The molecule has 0 atom stereocenters. The molecule has 0 unspecified atom stereocenters. The summed E-state index contributed by atoms with van der Waals surface area (Å²) >= 11 is 5.83. The lowest BCUT2D eigenvalue weighted by Gasteiger charge is -2.08. The molecule has 2 rings (SSSR count). The van der Waals surface area contributed by atoms with Crippen LogP contribution in [0, 0.1) is 5.82 Å². The quantitative estimate of drug-likeness (QED) is 0.630. The number of oxime groups is 1. The minimum Gasteiger partial charge on any atom is -0.481 e. The minimum absolute atomic E-state index is 0.108. The van der Waals surface area contributed by atoms with E-state index >= 15 is 0 Å². The van der Waals surface area contributed by atoms with Crippen LogP contribution in [-0.2, 0) is 9.63 Å². The molecule has 2 aromatic carbocycles. The van der Waals surface area contributed by atoms with E-state index in [1.54, 1.807) is 36.4 Å². The predicted molar refractivity (Wildman–Crippen MR) is 87.3 cm³/mol. The molecule has 0 aliphatic heterocycles. The summed E-state index contributed by atoms with van der Waals surface area (Å²) in [7, 11) is 1.36. The molecule has 2 aromatic rings. The monoisotopic (exact) mass is 335 g/mol. The van der Waals surface area contributed by atoms with Gasteiger partial charge in [-0.1, -0.05) is 41.0 Å². The molecule has 0 bridgehead atoms. The van der Waals surface area contributed by atoms with Gasteiger partial charge in [0, 0.05) is 22.6 Å². The Kier molecular flexibility index (Phi) is 5.71. The van der Waals surface area contributed by atoms with Gasteiger partial charge in [0.25, 0.3) is 0 Å². The summed E-state index contributed by atoms with van der Waals surface area (Å²) in [5.41, 5.74) is 2.01. The van der Waals surface area contributed by atoms with Crippen LogP contribution in [0.3, 0.4) is 0 Å². The average molecular weight is 336 g/mol. The van der Waals surface area contributed by atoms with E-state index in [0.29, 0.717) is 27.4 Å². The first kappa shape index (κ1) is 17.0. The molecule has 0 spiro atoms. The highest BCUT2D eigenvalue weighted by molar-refractivity contribution is 6.30. The van der Waals surface area contributed by atoms with E-state index in [4.69, 9.17) is 21.5 Å². The van der Waals surface area contributed by atoms with Gasteiger partial charge in [-0.2, -0.15) is 0 Å². The Bertz CT molecular complexity index is 729. The third-order valence-electron chi connectivity index (χ3n) is 3.23. The van der Waals surface area contributed by atoms with Crippen LogP contribution in [0.4, 0.5) is 4.39 Å². The normalized spacial score (nSPS) is 11.3. The fourth-order valence-electron chi connectivity index (χ4n) is 2.14. The standard InChI is InChI=1S/C17H15ClFNO3/c1-23-20-16(8-9-17(21)22)12-4-7-14(15(19)10-12)11-2-5-13(18)6-3-11/h2-7,10H,8-9H2,1H3,(H,21,22). The molecule has 6 heteroatoms. The van der Waals surface area contributed by atoms with E-state index < -0.39 is 11.8 Å². The minimum atomic E-state index is -0.952. The van der Waals surface area contributed by atoms with E-state index in [1.165, 1.54) is 13.2 Å². The van der Waals surface area contributed by atoms with Crippen molar-refractivity contribution in [2.24, 2.45) is 5.16 Å². The first-order valence-electron chi connectivity index (χ1n) is 6.89. The highest BCUT2D eigenvalue weighted by Crippen LogP contribution is 2.25. The molecule has 0 radical (unpaired) electrons. The predicted octanol–water partition coefficient (Wildman–Crippen LogP) is 4.36. The van der Waals surface area contributed by atoms with Gasteiger partial charge >= 0.3 is 5.97 Å². The van der Waals surface area contributed by atoms with Gasteiger partial charge in [0.1, 0.15) is 12.9 Å². The van der Waals surface area contributed by atoms with E-state index in [2.05, 4.69) is 5.16 Å². The van der Waals surface area contributed by atoms with Gasteiger partial charge < -0.3 is 9.94 Å². The number of carbonyl (C=O) groups is 1. The summed E-state index contributed by atoms with van der Waals surface area (Å²) in [6.45, 7) is 0. The van der Waals surface area contributed by atoms with Crippen molar-refractivity contribution in [3.05, 3.63) is 58.9 Å². The van der Waals surface area contributed by atoms with Crippen molar-refractivity contribution in [3.8, 4) is 11.1 Å². The summed E-state index contributed by atoms with van der Waals surface area (Å²) in [4.78, 5) is 15.4. The van der Waals surface area contributed by atoms with E-state index in [0.717, 1.165) is 0 Å². The maximum atomic E-state index is 14.4. The number of hydrogen-bond acceptors (Lipinski definition) is 3. The van der Waals surface area contributed by atoms with E-state index in [-0.39, 0.29) is 12.8 Å². The van der Waals surface area contributed by atoms with Crippen molar-refractivity contribution < 1.29 is 19.1 Å². The zero-order chi connectivity index (χ0) is 16.8. The molecule has 0 saturated carbocycles. The second kappa shape index (κ2) is 7.74. The summed E-state index contributed by atoms with van der Waals surface area (Å²) in [5, 5.41) is 13.1. The number of benzene rings is 2. The van der Waals surface area contributed by atoms with Crippen LogP contribution in [0.5, 0.6) is 0 Å². The Balaban J connectivity index is 2.31. The first-order valence-corrected chi connectivity index (χ1v) is 7.26. The number of hydrogen-bond donors (Lipinski definition) is 1. The van der Waals surface area contributed by atoms with Crippen LogP contribution in [0.15, 0.2) is 47.6 Å². The lowest BCUT2D eigenvalue weighted by molar-refractivity contribution is -0.136. The molecule has 0 amide bonds. The molecule has 4 nitrogen and oxygen atoms in total. The van der Waals surface area contributed by atoms with Gasteiger partial charge in [-0.25, -0.2) is 4.39 Å². The molecule has 0 aliphatic carbocycles. The Labute approximate surface area is 138 Å². The zero-order valence-electron chi connectivity index (χ0n) is 12.4. The Morgan fingerprint density at radius 3 is 2.48 bits per heavy atom. The molecular formula is C17H15ClFNO3. The van der Waals surface area contributed by atoms with Crippen molar-refractivity contribution in [2.45, 2.75) is 12.8 Å². The molecule has 1 N–H and O–H groups in total. The van der Waals surface area contributed by atoms with Crippen LogP contribution in [0.1, 0.15) is 18.4 Å². The number of nitrogens with zero attached hydrogens (tertiary/aromatic N) is 1. The van der Waals surface area contributed by atoms with Crippen LogP contribution in [-0.4, -0.2) is 23.9 Å². The van der Waals surface area contributed by atoms with Gasteiger partial charge in [0.05, 0.1) is 12.1 Å². The summed E-state index contributed by atoms with van der Waals surface area (Å²) in [6.07, 6.45) is 0.0473. The van der Waals surface area contributed by atoms with Crippen molar-refractivity contribution in [1.29, 1.82) is 0 Å². The van der Waals surface area contributed by atoms with Gasteiger partial charge in [-0.05, 0) is 23.8 Å². The smallest absolute Gasteiger partial charge is 0.303 e. The summed E-state index contributed by atoms with van der Waals surface area (Å²) in [6, 6.07) is 11.5. The topological polar surface area (TPSA) is 58.9 Å². The van der Waals surface area contributed by atoms with Crippen LogP contribution in [0.25, 0.3) is 11.1 Å². The molecule has 23 heavy (non-hydrogen) atoms. The lowest BCUT2D eigenvalue weighted by atomic mass is 10.00. The lowest BCUT2D eigenvalue weighted by Crippen LogP contribution is -2.06. The third-order valence-corrected chi connectivity index (χ3v) is 3.49. The largest absolute Gasteiger partial charge is 0.481 e. The third kappa shape index (κ3) is 4.53. The summed E-state index contributed by atoms with van der Waals surface area (Å²) in [5.74, 6) is -1.38. The Morgan fingerprint density at radius 2 is 1.91 bits per heavy atom. The van der Waals surface area contributed by atoms with Crippen molar-refractivity contribution >= 4 is 23.3 Å². The molecular weight excluding hydrogens is 321 g/mol. The number of carboxylic acid groups (broad SMARTS) is 1. The number of halogens is 2. The molecule has 0 heterocycles. The number of aliphatic carboxylic acids is 1. The Morgan fingerprint density at radius 1 is 1.22 bits per heavy atom. The van der Waals surface area contributed by atoms with Crippen molar-refractivity contribution in [3.63, 3.8) is 0 Å². The first-order chi connectivity index (χ1) is 11.0. The van der Waals surface area contributed by atoms with Gasteiger partial charge in [0.2, 0.25) is 0 Å². The highest BCUT2D eigenvalue weighted by atomic mass is 35.5. The van der Waals surface area contributed by atoms with Crippen molar-refractivity contribution in [2.75, 3.05) is 7.11 Å². The van der Waals surface area contributed by atoms with Crippen LogP contribution in [0.2, 0.25) is 5.02 Å². The highest BCUT2D eigenvalue weighted by Gasteiger charge is 2.12. The van der Waals surface area contributed by atoms with Gasteiger partial charge in [-0.15, -0.1) is 0 Å². The average Bonchev–Trinajstić information content (AvgIpc) is 2.52. The fourth-order valence-corrected chi connectivity index (χ4v) is 2.26. The van der Waals surface area contributed by atoms with Crippen LogP contribution < -0.4 is 0 Å². The van der Waals surface area contributed by atoms with Gasteiger partial charge in [0.15, 0.2) is 0 Å². The summed E-state index contributed by atoms with van der Waals surface area (Å²) < 4.78 is 14.4. The van der Waals surface area contributed by atoms with Crippen LogP contribution >= 0.6 is 11.6 Å². The van der Waals surface area contributed by atoms with Gasteiger partial charge in [-0.3, -0.25) is 4.79 Å². The molecule has 0 saturated heterocycles.